The number of hydrogen-bond donors (Lipinski definition) is 2. The second-order valence-corrected chi connectivity index (χ2v) is 10.3. The van der Waals surface area contributed by atoms with Crippen LogP contribution in [0.15, 0.2) is 36.4 Å². The molecule has 1 saturated heterocycles. The van der Waals surface area contributed by atoms with Gasteiger partial charge in [-0.1, -0.05) is 24.3 Å². The van der Waals surface area contributed by atoms with Crippen LogP contribution in [0.4, 0.5) is 9.52 Å². The Hall–Kier alpha value is -2.55. The molecule has 1 amide bonds. The molecule has 1 aliphatic heterocycles. The molecule has 2 aliphatic rings. The van der Waals surface area contributed by atoms with Crippen molar-refractivity contribution in [3.05, 3.63) is 53.3 Å². The molecule has 0 saturated carbocycles. The average Bonchev–Trinajstić information content (AvgIpc) is 3.12. The van der Waals surface area contributed by atoms with Gasteiger partial charge in [0.2, 0.25) is 5.91 Å². The molecule has 0 spiro atoms. The van der Waals surface area contributed by atoms with E-state index in [0.717, 1.165) is 19.4 Å². The number of rotatable bonds is 4. The molecule has 3 aromatic rings. The number of anilines is 1. The summed E-state index contributed by atoms with van der Waals surface area (Å²) < 4.78 is 14.2. The first kappa shape index (κ1) is 21.3. The Morgan fingerprint density at radius 1 is 1.38 bits per heavy atom. The first-order valence-electron chi connectivity index (χ1n) is 10.8. The number of likely N-dealkylation sites (N-methyl/N-ethyl adjacent to an activating group) is 2. The number of carbonyl (C=O) groups is 1. The number of hydrogen-bond acceptors (Lipinski definition) is 6. The van der Waals surface area contributed by atoms with Crippen LogP contribution in [-0.2, 0) is 16.6 Å². The van der Waals surface area contributed by atoms with Crippen LogP contribution >= 0.6 is 11.3 Å². The monoisotopic (exact) mass is 454 g/mol. The quantitative estimate of drug-likeness (QED) is 0.631. The van der Waals surface area contributed by atoms with E-state index in [2.05, 4.69) is 34.1 Å². The Morgan fingerprint density at radius 3 is 3.00 bits per heavy atom. The number of likely N-dealkylation sites (tertiary alicyclic amines) is 1. The van der Waals surface area contributed by atoms with Crippen LogP contribution in [0.2, 0.25) is 0 Å². The van der Waals surface area contributed by atoms with Crippen LogP contribution in [-0.4, -0.2) is 65.1 Å². The van der Waals surface area contributed by atoms with Gasteiger partial charge in [0.05, 0.1) is 16.8 Å². The number of thiazole rings is 1. The molecule has 2 heterocycles. The first-order valence-corrected chi connectivity index (χ1v) is 11.6. The molecular formula is C24H27FN4O2S. The molecular weight excluding hydrogens is 427 g/mol. The van der Waals surface area contributed by atoms with Crippen LogP contribution < -0.4 is 5.32 Å². The zero-order valence-electron chi connectivity index (χ0n) is 18.4. The molecule has 168 valence electrons. The van der Waals surface area contributed by atoms with Gasteiger partial charge >= 0.3 is 0 Å². The van der Waals surface area contributed by atoms with Crippen molar-refractivity contribution in [2.24, 2.45) is 0 Å². The smallest absolute Gasteiger partial charge is 0.240 e. The molecule has 32 heavy (non-hydrogen) atoms. The topological polar surface area (TPSA) is 68.7 Å². The van der Waals surface area contributed by atoms with Crippen LogP contribution in [0.3, 0.4) is 0 Å². The van der Waals surface area contributed by atoms with Crippen molar-refractivity contribution in [1.29, 1.82) is 0 Å². The fourth-order valence-corrected chi connectivity index (χ4v) is 6.57. The summed E-state index contributed by atoms with van der Waals surface area (Å²) in [6.07, 6.45) is 1.85. The Morgan fingerprint density at radius 2 is 2.19 bits per heavy atom. The highest BCUT2D eigenvalue weighted by atomic mass is 32.1. The average molecular weight is 455 g/mol. The van der Waals surface area contributed by atoms with Crippen LogP contribution in [0.5, 0.6) is 5.75 Å². The summed E-state index contributed by atoms with van der Waals surface area (Å²) in [7, 11) is 4.15. The standard InChI is InChI=1S/C24H27FN4O2S/c1-24-8-9-28(2)19(10-14-4-6-16(30)12-17(14)24)22(24)29(3)13-21(31)27-23-26-18-7-5-15(25)11-20(18)32-23/h4-7,11-12,19,22,30H,8-10,13H2,1-3H3,(H,26,27,31)/t19-,22+,24?/m1/s1. The number of phenols is 1. The Labute approximate surface area is 190 Å². The van der Waals surface area contributed by atoms with Gasteiger partial charge in [-0.25, -0.2) is 9.37 Å². The van der Waals surface area contributed by atoms with E-state index >= 15 is 0 Å². The Balaban J connectivity index is 1.37. The van der Waals surface area contributed by atoms with E-state index in [1.165, 1.54) is 34.6 Å². The summed E-state index contributed by atoms with van der Waals surface area (Å²) >= 11 is 1.27. The van der Waals surface area contributed by atoms with Gasteiger partial charge in [-0.2, -0.15) is 0 Å². The van der Waals surface area contributed by atoms with E-state index in [1.54, 1.807) is 12.1 Å². The highest BCUT2D eigenvalue weighted by Crippen LogP contribution is 2.47. The molecule has 1 fully saturated rings. The predicted molar refractivity (Wildman–Crippen MR) is 125 cm³/mol. The number of nitrogens with zero attached hydrogens (tertiary/aromatic N) is 3. The molecule has 6 nitrogen and oxygen atoms in total. The molecule has 2 N–H and O–H groups in total. The largest absolute Gasteiger partial charge is 0.508 e. The number of benzene rings is 2. The summed E-state index contributed by atoms with van der Waals surface area (Å²) in [5.41, 5.74) is 2.98. The number of fused-ring (bicyclic) bond motifs is 5. The van der Waals surface area contributed by atoms with Crippen molar-refractivity contribution in [3.8, 4) is 5.75 Å². The molecule has 2 aromatic carbocycles. The molecule has 5 rings (SSSR count). The second-order valence-electron chi connectivity index (χ2n) is 9.30. The van der Waals surface area contributed by atoms with E-state index in [9.17, 15) is 14.3 Å². The minimum absolute atomic E-state index is 0.130. The summed E-state index contributed by atoms with van der Waals surface area (Å²) in [5, 5.41) is 13.5. The van der Waals surface area contributed by atoms with E-state index in [0.29, 0.717) is 15.3 Å². The molecule has 2 bridgehead atoms. The number of phenolic OH excluding ortho intramolecular Hbond substituents is 1. The maximum absolute atomic E-state index is 13.5. The second kappa shape index (κ2) is 7.79. The fourth-order valence-electron chi connectivity index (χ4n) is 5.66. The van der Waals surface area contributed by atoms with Gasteiger partial charge in [-0.05, 0) is 74.9 Å². The zero-order chi connectivity index (χ0) is 22.6. The molecule has 0 radical (unpaired) electrons. The van der Waals surface area contributed by atoms with E-state index in [1.807, 2.05) is 19.2 Å². The van der Waals surface area contributed by atoms with Gasteiger partial charge in [0, 0.05) is 17.5 Å². The molecule has 3 atom stereocenters. The predicted octanol–water partition coefficient (Wildman–Crippen LogP) is 3.60. The Bertz CT molecular complexity index is 1200. The highest BCUT2D eigenvalue weighted by Gasteiger charge is 2.51. The molecule has 1 unspecified atom stereocenters. The van der Waals surface area contributed by atoms with Gasteiger partial charge in [-0.15, -0.1) is 0 Å². The van der Waals surface area contributed by atoms with Crippen molar-refractivity contribution < 1.29 is 14.3 Å². The van der Waals surface area contributed by atoms with Crippen molar-refractivity contribution in [2.75, 3.05) is 32.5 Å². The SMILES string of the molecule is CN1CCC2(C)c3cc(O)ccc3C[C@@H]1[C@@H]2N(C)CC(=O)Nc1nc2ccc(F)cc2s1. The normalized spacial score (nSPS) is 25.2. The zero-order valence-corrected chi connectivity index (χ0v) is 19.2. The molecule has 1 aromatic heterocycles. The van der Waals surface area contributed by atoms with Crippen LogP contribution in [0, 0.1) is 5.82 Å². The first-order chi connectivity index (χ1) is 15.2. The Kier molecular flexibility index (Phi) is 5.19. The lowest BCUT2D eigenvalue weighted by atomic mass is 9.61. The molecule has 8 heteroatoms. The van der Waals surface area contributed by atoms with Gasteiger partial charge in [0.1, 0.15) is 11.6 Å². The van der Waals surface area contributed by atoms with E-state index < -0.39 is 0 Å². The summed E-state index contributed by atoms with van der Waals surface area (Å²) in [5.74, 6) is -0.168. The van der Waals surface area contributed by atoms with Gasteiger partial charge in [0.25, 0.3) is 0 Å². The fraction of sp³-hybridized carbons (Fsp3) is 0.417. The van der Waals surface area contributed by atoms with Crippen molar-refractivity contribution in [1.82, 2.24) is 14.8 Å². The van der Waals surface area contributed by atoms with Crippen molar-refractivity contribution in [3.63, 3.8) is 0 Å². The lowest BCUT2D eigenvalue weighted by molar-refractivity contribution is -0.118. The minimum atomic E-state index is -0.314. The number of carbonyl (C=O) groups excluding carboxylic acids is 1. The lowest BCUT2D eigenvalue weighted by Crippen LogP contribution is -2.67. The van der Waals surface area contributed by atoms with Crippen LogP contribution in [0.1, 0.15) is 24.5 Å². The van der Waals surface area contributed by atoms with Gasteiger partial charge in [-0.3, -0.25) is 9.69 Å². The third-order valence-electron chi connectivity index (χ3n) is 7.17. The number of nitrogens with one attached hydrogen (secondary N) is 1. The summed E-state index contributed by atoms with van der Waals surface area (Å²) in [6.45, 7) is 3.46. The number of halogens is 1. The maximum Gasteiger partial charge on any atom is 0.240 e. The third-order valence-corrected chi connectivity index (χ3v) is 8.10. The highest BCUT2D eigenvalue weighted by molar-refractivity contribution is 7.22. The van der Waals surface area contributed by atoms with Crippen molar-refractivity contribution >= 4 is 32.6 Å². The van der Waals surface area contributed by atoms with E-state index in [4.69, 9.17) is 0 Å². The number of amides is 1. The summed E-state index contributed by atoms with van der Waals surface area (Å²) in [6, 6.07) is 10.5. The van der Waals surface area contributed by atoms with Crippen LogP contribution in [0.25, 0.3) is 10.2 Å². The van der Waals surface area contributed by atoms with E-state index in [-0.39, 0.29) is 41.5 Å². The number of aromatic nitrogens is 1. The minimum Gasteiger partial charge on any atom is -0.508 e. The summed E-state index contributed by atoms with van der Waals surface area (Å²) in [4.78, 5) is 21.8. The third kappa shape index (κ3) is 3.56. The van der Waals surface area contributed by atoms with Crippen molar-refractivity contribution in [2.45, 2.75) is 37.3 Å². The number of aromatic hydroxyl groups is 1. The molecule has 1 aliphatic carbocycles. The maximum atomic E-state index is 13.5. The van der Waals surface area contributed by atoms with Gasteiger partial charge in [0.15, 0.2) is 5.13 Å². The number of piperidine rings is 1. The van der Waals surface area contributed by atoms with Gasteiger partial charge < -0.3 is 15.3 Å². The lowest BCUT2D eigenvalue weighted by Gasteiger charge is -2.57.